The molecule has 0 atom stereocenters. The average Bonchev–Trinajstić information content (AvgIpc) is 1.68. The Labute approximate surface area is 50.5 Å². The van der Waals surface area contributed by atoms with E-state index in [9.17, 15) is 17.6 Å². The molecule has 0 aliphatic carbocycles. The van der Waals surface area contributed by atoms with Gasteiger partial charge in [0.05, 0.1) is 0 Å². The van der Waals surface area contributed by atoms with Crippen LogP contribution in [0.3, 0.4) is 0 Å². The van der Waals surface area contributed by atoms with Crippen LogP contribution in [0, 0.1) is 0 Å². The maximum Gasteiger partial charge on any atom is 0.271 e. The molecule has 0 bridgehead atoms. The van der Waals surface area contributed by atoms with Gasteiger partial charge in [0.2, 0.25) is 0 Å². The molecule has 0 fully saturated rings. The lowest BCUT2D eigenvalue weighted by Gasteiger charge is -1.80. The lowest BCUT2D eigenvalue weighted by atomic mass is 10.7. The fourth-order valence-electron chi connectivity index (χ4n) is 0.0952. The van der Waals surface area contributed by atoms with Crippen LogP contribution in [0.5, 0.6) is 0 Å². The van der Waals surface area contributed by atoms with Crippen molar-refractivity contribution < 1.29 is 17.6 Å². The summed E-state index contributed by atoms with van der Waals surface area (Å²) >= 11 is 0. The first kappa shape index (κ1) is 11.1. The standard InChI is InChI=1S/C3H2F4.C2H4/c4-2(5)1-3(6)7;1-2/h1-2H;1-2H2. The van der Waals surface area contributed by atoms with Gasteiger partial charge in [-0.3, -0.25) is 0 Å². The maximum absolute atomic E-state index is 10.7. The second-order valence-electron chi connectivity index (χ2n) is 0.791. The van der Waals surface area contributed by atoms with Gasteiger partial charge in [0.15, 0.2) is 0 Å². The van der Waals surface area contributed by atoms with Gasteiger partial charge in [-0.05, 0) is 0 Å². The molecule has 0 amide bonds. The van der Waals surface area contributed by atoms with Crippen molar-refractivity contribution in [2.24, 2.45) is 0 Å². The van der Waals surface area contributed by atoms with Crippen LogP contribution < -0.4 is 0 Å². The van der Waals surface area contributed by atoms with Gasteiger partial charge in [0.25, 0.3) is 12.5 Å². The van der Waals surface area contributed by atoms with Crippen LogP contribution in [-0.2, 0) is 0 Å². The van der Waals surface area contributed by atoms with E-state index >= 15 is 0 Å². The smallest absolute Gasteiger partial charge is 0.205 e. The maximum atomic E-state index is 10.7. The van der Waals surface area contributed by atoms with Crippen LogP contribution in [0.15, 0.2) is 25.3 Å². The molecule has 0 spiro atoms. The zero-order valence-electron chi connectivity index (χ0n) is 4.58. The molecular formula is C5H6F4. The highest BCUT2D eigenvalue weighted by Crippen LogP contribution is 2.02. The van der Waals surface area contributed by atoms with Crippen LogP contribution in [0.25, 0.3) is 0 Å². The highest BCUT2D eigenvalue weighted by Gasteiger charge is 1.97. The van der Waals surface area contributed by atoms with E-state index in [4.69, 9.17) is 0 Å². The molecule has 0 aromatic carbocycles. The minimum Gasteiger partial charge on any atom is -0.205 e. The lowest BCUT2D eigenvalue weighted by Crippen LogP contribution is -1.79. The Morgan fingerprint density at radius 3 is 1.56 bits per heavy atom. The Hall–Kier alpha value is -0.800. The summed E-state index contributed by atoms with van der Waals surface area (Å²) in [5.41, 5.74) is 0. The summed E-state index contributed by atoms with van der Waals surface area (Å²) < 4.78 is 42.8. The lowest BCUT2D eigenvalue weighted by molar-refractivity contribution is 0.196. The van der Waals surface area contributed by atoms with E-state index in [0.29, 0.717) is 0 Å². The van der Waals surface area contributed by atoms with Gasteiger partial charge in [0.1, 0.15) is 0 Å². The van der Waals surface area contributed by atoms with E-state index in [2.05, 4.69) is 13.2 Å². The Morgan fingerprint density at radius 2 is 1.56 bits per heavy atom. The molecule has 0 radical (unpaired) electrons. The SMILES string of the molecule is C=C.FC(F)=CC(F)F. The fraction of sp³-hybridized carbons (Fsp3) is 0.200. The zero-order chi connectivity index (χ0) is 7.86. The van der Waals surface area contributed by atoms with E-state index in [1.807, 2.05) is 0 Å². The predicted molar refractivity (Wildman–Crippen MR) is 27.6 cm³/mol. The molecule has 0 aliphatic rings. The normalized spacial score (nSPS) is 7.67. The van der Waals surface area contributed by atoms with Gasteiger partial charge in [-0.1, -0.05) is 0 Å². The first-order chi connectivity index (χ1) is 4.13. The monoisotopic (exact) mass is 142 g/mol. The summed E-state index contributed by atoms with van der Waals surface area (Å²) in [6.45, 7) is 6.00. The highest BCUT2D eigenvalue weighted by molar-refractivity contribution is 4.82. The molecule has 0 rings (SSSR count). The second-order valence-corrected chi connectivity index (χ2v) is 0.791. The van der Waals surface area contributed by atoms with Crippen molar-refractivity contribution in [3.8, 4) is 0 Å². The van der Waals surface area contributed by atoms with Crippen molar-refractivity contribution in [3.63, 3.8) is 0 Å². The predicted octanol–water partition coefficient (Wildman–Crippen LogP) is 2.83. The summed E-state index contributed by atoms with van der Waals surface area (Å²) in [7, 11) is 0. The summed E-state index contributed by atoms with van der Waals surface area (Å²) in [6.07, 6.45) is -5.79. The van der Waals surface area contributed by atoms with Crippen LogP contribution in [0.4, 0.5) is 17.6 Å². The van der Waals surface area contributed by atoms with Crippen LogP contribution in [0.2, 0.25) is 0 Å². The van der Waals surface area contributed by atoms with Gasteiger partial charge < -0.3 is 0 Å². The number of halogens is 4. The van der Waals surface area contributed by atoms with Crippen molar-refractivity contribution in [2.45, 2.75) is 6.43 Å². The van der Waals surface area contributed by atoms with E-state index < -0.39 is 18.6 Å². The third-order valence-electron chi connectivity index (χ3n) is 0.252. The van der Waals surface area contributed by atoms with E-state index in [0.717, 1.165) is 0 Å². The zero-order valence-corrected chi connectivity index (χ0v) is 4.58. The Bertz CT molecular complexity index is 83.0. The highest BCUT2D eigenvalue weighted by atomic mass is 19.3. The largest absolute Gasteiger partial charge is 0.271 e. The Kier molecular flexibility index (Phi) is 8.85. The number of alkyl halides is 2. The van der Waals surface area contributed by atoms with Gasteiger partial charge in [-0.15, -0.1) is 13.2 Å². The Balaban J connectivity index is 0. The van der Waals surface area contributed by atoms with E-state index in [-0.39, 0.29) is 0 Å². The van der Waals surface area contributed by atoms with Crippen molar-refractivity contribution in [2.75, 3.05) is 0 Å². The quantitative estimate of drug-likeness (QED) is 0.390. The molecular weight excluding hydrogens is 136 g/mol. The molecule has 0 unspecified atom stereocenters. The van der Waals surface area contributed by atoms with Crippen molar-refractivity contribution in [3.05, 3.63) is 25.3 Å². The van der Waals surface area contributed by atoms with Crippen LogP contribution in [0.1, 0.15) is 0 Å². The molecule has 54 valence electrons. The van der Waals surface area contributed by atoms with Crippen LogP contribution in [-0.4, -0.2) is 6.43 Å². The van der Waals surface area contributed by atoms with E-state index in [1.54, 1.807) is 0 Å². The van der Waals surface area contributed by atoms with Gasteiger partial charge >= 0.3 is 0 Å². The van der Waals surface area contributed by atoms with E-state index in [1.165, 1.54) is 0 Å². The first-order valence-corrected chi connectivity index (χ1v) is 1.94. The molecule has 0 saturated carbocycles. The summed E-state index contributed by atoms with van der Waals surface area (Å²) in [6, 6.07) is 0. The molecule has 4 heteroatoms. The van der Waals surface area contributed by atoms with Gasteiger partial charge in [0, 0.05) is 6.08 Å². The summed E-state index contributed by atoms with van der Waals surface area (Å²) in [5, 5.41) is 0. The molecule has 0 saturated heterocycles. The van der Waals surface area contributed by atoms with Crippen molar-refractivity contribution >= 4 is 0 Å². The third-order valence-corrected chi connectivity index (χ3v) is 0.252. The topological polar surface area (TPSA) is 0 Å². The van der Waals surface area contributed by atoms with Gasteiger partial charge in [-0.2, -0.15) is 8.78 Å². The summed E-state index contributed by atoms with van der Waals surface area (Å²) in [4.78, 5) is 0. The fourth-order valence-corrected chi connectivity index (χ4v) is 0.0952. The third kappa shape index (κ3) is 19.0. The molecule has 0 heterocycles. The first-order valence-electron chi connectivity index (χ1n) is 1.94. The molecule has 0 aromatic heterocycles. The Morgan fingerprint density at radius 1 is 1.22 bits per heavy atom. The van der Waals surface area contributed by atoms with Crippen molar-refractivity contribution in [1.82, 2.24) is 0 Å². The molecule has 0 aromatic rings. The van der Waals surface area contributed by atoms with Crippen molar-refractivity contribution in [1.29, 1.82) is 0 Å². The number of rotatable bonds is 1. The minimum atomic E-state index is -3.04. The molecule has 9 heavy (non-hydrogen) atoms. The number of hydrogen-bond acceptors (Lipinski definition) is 0. The molecule has 0 aliphatic heterocycles. The minimum absolute atomic E-state index is 0.417. The molecule has 0 nitrogen and oxygen atoms in total. The van der Waals surface area contributed by atoms with Crippen LogP contribution >= 0.6 is 0 Å². The average molecular weight is 142 g/mol. The number of allylic oxidation sites excluding steroid dienone is 1. The second kappa shape index (κ2) is 7.20. The van der Waals surface area contributed by atoms with Gasteiger partial charge in [-0.25, -0.2) is 8.78 Å². The molecule has 0 N–H and O–H groups in total. The number of hydrogen-bond donors (Lipinski definition) is 0. The summed E-state index contributed by atoms with van der Waals surface area (Å²) in [5.74, 6) is 0.